The monoisotopic (exact) mass is 531 g/mol. The minimum Gasteiger partial charge on any atom is -0.444 e. The second-order valence-corrected chi connectivity index (χ2v) is 10.6. The highest BCUT2D eigenvalue weighted by atomic mass is 19.2. The van der Waals surface area contributed by atoms with Crippen molar-refractivity contribution in [2.45, 2.75) is 51.2 Å². The van der Waals surface area contributed by atoms with Gasteiger partial charge in [-0.3, -0.25) is 9.69 Å². The number of fused-ring (bicyclic) bond motifs is 1. The average Bonchev–Trinajstić information content (AvgIpc) is 3.14. The second kappa shape index (κ2) is 11.3. The van der Waals surface area contributed by atoms with E-state index in [0.717, 1.165) is 17.7 Å². The maximum absolute atomic E-state index is 14.3. The molecule has 2 aromatic rings. The van der Waals surface area contributed by atoms with E-state index in [2.05, 4.69) is 5.32 Å². The Hall–Kier alpha value is -3.08. The van der Waals surface area contributed by atoms with E-state index in [0.29, 0.717) is 24.4 Å². The Morgan fingerprint density at radius 2 is 1.82 bits per heavy atom. The number of benzene rings is 2. The van der Waals surface area contributed by atoms with Crippen LogP contribution in [0.25, 0.3) is 0 Å². The van der Waals surface area contributed by atoms with Crippen LogP contribution in [-0.2, 0) is 32.0 Å². The van der Waals surface area contributed by atoms with Crippen molar-refractivity contribution in [3.63, 3.8) is 0 Å². The van der Waals surface area contributed by atoms with Crippen molar-refractivity contribution in [2.24, 2.45) is 0 Å². The molecule has 2 heterocycles. The van der Waals surface area contributed by atoms with E-state index in [1.54, 1.807) is 27.8 Å². The molecule has 2 aliphatic heterocycles. The number of anilines is 1. The average molecular weight is 532 g/mol. The molecule has 4 rings (SSSR count). The van der Waals surface area contributed by atoms with Gasteiger partial charge in [-0.15, -0.1) is 0 Å². The number of rotatable bonds is 8. The number of piperazine rings is 1. The summed E-state index contributed by atoms with van der Waals surface area (Å²) in [5, 5.41) is 3.16. The molecular weight excluding hydrogens is 496 g/mol. The van der Waals surface area contributed by atoms with Gasteiger partial charge in [0, 0.05) is 44.9 Å². The predicted octanol–water partition coefficient (Wildman–Crippen LogP) is 3.66. The third-order valence-electron chi connectivity index (χ3n) is 6.69. The highest BCUT2D eigenvalue weighted by Crippen LogP contribution is 2.41. The van der Waals surface area contributed by atoms with Crippen molar-refractivity contribution < 1.29 is 32.6 Å². The number of carbonyl (C=O) groups excluding carboxylic acids is 2. The summed E-state index contributed by atoms with van der Waals surface area (Å²) in [4.78, 5) is 30.2. The molecule has 1 amide bonds. The number of carbonyl (C=O) groups is 2. The van der Waals surface area contributed by atoms with Crippen LogP contribution in [0.15, 0.2) is 42.5 Å². The Morgan fingerprint density at radius 1 is 1.11 bits per heavy atom. The maximum atomic E-state index is 14.3. The first-order valence-corrected chi connectivity index (χ1v) is 12.7. The van der Waals surface area contributed by atoms with E-state index in [1.807, 2.05) is 30.3 Å². The maximum Gasteiger partial charge on any atom is 0.410 e. The number of halogens is 2. The molecule has 0 radical (unpaired) electrons. The Balaban J connectivity index is 1.57. The van der Waals surface area contributed by atoms with Gasteiger partial charge in [-0.2, -0.15) is 0 Å². The van der Waals surface area contributed by atoms with Gasteiger partial charge in [0.05, 0.1) is 19.8 Å². The molecule has 206 valence electrons. The lowest BCUT2D eigenvalue weighted by molar-refractivity contribution is -0.152. The zero-order valence-corrected chi connectivity index (χ0v) is 22.3. The van der Waals surface area contributed by atoms with Gasteiger partial charge in [0.25, 0.3) is 0 Å². The zero-order chi connectivity index (χ0) is 27.5. The van der Waals surface area contributed by atoms with Crippen LogP contribution in [0.4, 0.5) is 19.3 Å². The van der Waals surface area contributed by atoms with Crippen LogP contribution >= 0.6 is 0 Å². The van der Waals surface area contributed by atoms with Gasteiger partial charge < -0.3 is 24.4 Å². The van der Waals surface area contributed by atoms with Gasteiger partial charge in [-0.1, -0.05) is 30.3 Å². The zero-order valence-electron chi connectivity index (χ0n) is 22.3. The van der Waals surface area contributed by atoms with E-state index in [-0.39, 0.29) is 32.7 Å². The molecule has 0 saturated carbocycles. The molecule has 38 heavy (non-hydrogen) atoms. The Kier molecular flexibility index (Phi) is 8.34. The molecule has 0 aromatic heterocycles. The van der Waals surface area contributed by atoms with Crippen LogP contribution in [0, 0.1) is 11.6 Å². The van der Waals surface area contributed by atoms with Gasteiger partial charge in [0.2, 0.25) is 11.5 Å². The molecular formula is C28H35F2N3O5. The van der Waals surface area contributed by atoms with E-state index in [1.165, 1.54) is 9.80 Å². The van der Waals surface area contributed by atoms with Gasteiger partial charge in [0.1, 0.15) is 11.6 Å². The highest BCUT2D eigenvalue weighted by Gasteiger charge is 2.54. The van der Waals surface area contributed by atoms with Crippen molar-refractivity contribution in [3.05, 3.63) is 65.2 Å². The van der Waals surface area contributed by atoms with Crippen molar-refractivity contribution in [3.8, 4) is 0 Å². The molecule has 1 saturated heterocycles. The molecule has 2 unspecified atom stereocenters. The number of nitrogens with one attached hydrogen (secondary N) is 1. The number of hydrogen-bond donors (Lipinski definition) is 1. The lowest BCUT2D eigenvalue weighted by Crippen LogP contribution is -2.66. The molecule has 10 heteroatoms. The topological polar surface area (TPSA) is 80.3 Å². The van der Waals surface area contributed by atoms with E-state index in [9.17, 15) is 18.4 Å². The molecule has 8 nitrogen and oxygen atoms in total. The number of amides is 1. The number of hydrogen-bond acceptors (Lipinski definition) is 7. The summed E-state index contributed by atoms with van der Waals surface area (Å²) < 4.78 is 45.8. The van der Waals surface area contributed by atoms with Crippen LogP contribution in [0.1, 0.15) is 31.9 Å². The Bertz CT molecular complexity index is 1160. The normalized spacial score (nSPS) is 21.4. The van der Waals surface area contributed by atoms with Crippen LogP contribution in [0.2, 0.25) is 0 Å². The first kappa shape index (κ1) is 27.9. The first-order valence-electron chi connectivity index (χ1n) is 12.7. The van der Waals surface area contributed by atoms with Crippen molar-refractivity contribution in [2.75, 3.05) is 44.8 Å². The van der Waals surface area contributed by atoms with Gasteiger partial charge >= 0.3 is 6.09 Å². The summed E-state index contributed by atoms with van der Waals surface area (Å²) in [5.74, 6) is -2.42. The summed E-state index contributed by atoms with van der Waals surface area (Å²) in [6.45, 7) is 6.84. The fourth-order valence-corrected chi connectivity index (χ4v) is 4.85. The third-order valence-corrected chi connectivity index (χ3v) is 6.69. The Labute approximate surface area is 221 Å². The number of ether oxygens (including phenoxy) is 3. The minimum atomic E-state index is -1.59. The standard InChI is InChI=1S/C28H35F2N3O5/c1-27(2,3)38-26(35)33-11-10-31-17-24(33)25(34)28(37-13-12-36-18-19-8-6-5-7-9-19)16-20-14-21(29)22(30)15-23(20)32(28)4/h5-9,14-15,24,31H,10-13,16-18H2,1-4H3. The summed E-state index contributed by atoms with van der Waals surface area (Å²) in [6.07, 6.45) is -0.611. The summed E-state index contributed by atoms with van der Waals surface area (Å²) in [5.41, 5.74) is -0.541. The molecule has 0 spiro atoms. The smallest absolute Gasteiger partial charge is 0.410 e. The van der Waals surface area contributed by atoms with Crippen molar-refractivity contribution in [1.29, 1.82) is 0 Å². The molecule has 2 aromatic carbocycles. The molecule has 1 N–H and O–H groups in total. The van der Waals surface area contributed by atoms with Crippen LogP contribution in [0.5, 0.6) is 0 Å². The van der Waals surface area contributed by atoms with Gasteiger partial charge in [-0.05, 0) is 38.0 Å². The first-order chi connectivity index (χ1) is 18.0. The number of Topliss-reactive ketones (excluding diaryl/α,β-unsaturated/α-hetero) is 1. The second-order valence-electron chi connectivity index (χ2n) is 10.6. The lowest BCUT2D eigenvalue weighted by Gasteiger charge is -2.43. The fourth-order valence-electron chi connectivity index (χ4n) is 4.85. The molecule has 2 atom stereocenters. The highest BCUT2D eigenvalue weighted by molar-refractivity contribution is 5.98. The number of likely N-dealkylation sites (N-methyl/N-ethyl adjacent to an activating group) is 1. The minimum absolute atomic E-state index is 0.00773. The van der Waals surface area contributed by atoms with Crippen LogP contribution in [0.3, 0.4) is 0 Å². The van der Waals surface area contributed by atoms with Gasteiger partial charge in [0.15, 0.2) is 11.6 Å². The summed E-state index contributed by atoms with van der Waals surface area (Å²) in [7, 11) is 1.61. The predicted molar refractivity (Wildman–Crippen MR) is 138 cm³/mol. The largest absolute Gasteiger partial charge is 0.444 e. The van der Waals surface area contributed by atoms with E-state index >= 15 is 0 Å². The summed E-state index contributed by atoms with van der Waals surface area (Å²) >= 11 is 0. The van der Waals surface area contributed by atoms with Crippen LogP contribution < -0.4 is 10.2 Å². The molecule has 0 bridgehead atoms. The quantitative estimate of drug-likeness (QED) is 0.521. The Morgan fingerprint density at radius 3 is 2.53 bits per heavy atom. The van der Waals surface area contributed by atoms with Crippen molar-refractivity contribution >= 4 is 17.6 Å². The third kappa shape index (κ3) is 5.98. The molecule has 2 aliphatic rings. The lowest BCUT2D eigenvalue weighted by atomic mass is 9.94. The van der Waals surface area contributed by atoms with Crippen LogP contribution in [-0.4, -0.2) is 74.0 Å². The summed E-state index contributed by atoms with van der Waals surface area (Å²) in [6, 6.07) is 10.9. The molecule has 0 aliphatic carbocycles. The fraction of sp³-hybridized carbons (Fsp3) is 0.500. The number of ketones is 1. The van der Waals surface area contributed by atoms with Gasteiger partial charge in [-0.25, -0.2) is 13.6 Å². The van der Waals surface area contributed by atoms with E-state index < -0.39 is 40.9 Å². The number of nitrogens with zero attached hydrogens (tertiary/aromatic N) is 2. The van der Waals surface area contributed by atoms with Crippen molar-refractivity contribution in [1.82, 2.24) is 10.2 Å². The van der Waals surface area contributed by atoms with E-state index in [4.69, 9.17) is 14.2 Å². The molecule has 1 fully saturated rings. The SMILES string of the molecule is CN1c2cc(F)c(F)cc2CC1(OCCOCc1ccccc1)C(=O)C1CNCCN1C(=O)OC(C)(C)C.